The van der Waals surface area contributed by atoms with Crippen molar-refractivity contribution in [2.45, 2.75) is 37.6 Å². The van der Waals surface area contributed by atoms with Crippen LogP contribution in [0.15, 0.2) is 52.7 Å². The zero-order chi connectivity index (χ0) is 21.5. The van der Waals surface area contributed by atoms with E-state index in [-0.39, 0.29) is 16.8 Å². The molecule has 0 bridgehead atoms. The summed E-state index contributed by atoms with van der Waals surface area (Å²) in [4.78, 5) is 17.3. The van der Waals surface area contributed by atoms with Gasteiger partial charge in [-0.25, -0.2) is 13.4 Å². The Morgan fingerprint density at radius 1 is 1.13 bits per heavy atom. The lowest BCUT2D eigenvalue weighted by molar-refractivity contribution is 0.102. The highest BCUT2D eigenvalue weighted by Gasteiger charge is 2.35. The third-order valence-corrected chi connectivity index (χ3v) is 7.92. The molecule has 6 nitrogen and oxygen atoms in total. The van der Waals surface area contributed by atoms with Crippen molar-refractivity contribution in [3.8, 4) is 11.3 Å². The Bertz CT molecular complexity index is 1200. The first kappa shape index (κ1) is 20.7. The fourth-order valence-electron chi connectivity index (χ4n) is 3.30. The number of benzene rings is 2. The molecule has 0 saturated heterocycles. The highest BCUT2D eigenvalue weighted by molar-refractivity contribution is 7.89. The van der Waals surface area contributed by atoms with Crippen LogP contribution < -0.4 is 5.32 Å². The first-order valence-electron chi connectivity index (χ1n) is 9.68. The van der Waals surface area contributed by atoms with E-state index < -0.39 is 10.0 Å². The lowest BCUT2D eigenvalue weighted by Gasteiger charge is -2.16. The van der Waals surface area contributed by atoms with E-state index in [1.165, 1.54) is 45.5 Å². The Morgan fingerprint density at radius 2 is 1.83 bits per heavy atom. The van der Waals surface area contributed by atoms with Gasteiger partial charge in [-0.15, -0.1) is 11.3 Å². The summed E-state index contributed by atoms with van der Waals surface area (Å²) in [7, 11) is -1.92. The summed E-state index contributed by atoms with van der Waals surface area (Å²) in [5.41, 5.74) is 4.55. The van der Waals surface area contributed by atoms with E-state index in [0.717, 1.165) is 29.7 Å². The summed E-state index contributed by atoms with van der Waals surface area (Å²) in [5.74, 6) is -0.323. The maximum atomic E-state index is 12.6. The number of rotatable bonds is 6. The van der Waals surface area contributed by atoms with Gasteiger partial charge >= 0.3 is 0 Å². The number of amides is 1. The smallest absolute Gasteiger partial charge is 0.257 e. The van der Waals surface area contributed by atoms with Crippen LogP contribution in [0.25, 0.3) is 11.3 Å². The second kappa shape index (κ2) is 7.94. The molecular weight excluding hydrogens is 418 g/mol. The van der Waals surface area contributed by atoms with Gasteiger partial charge in [0.25, 0.3) is 5.91 Å². The number of aromatic nitrogens is 1. The second-order valence-corrected chi connectivity index (χ2v) is 10.4. The molecule has 1 aromatic heterocycles. The molecule has 8 heteroatoms. The van der Waals surface area contributed by atoms with Crippen LogP contribution in [0.3, 0.4) is 0 Å². The molecule has 0 radical (unpaired) electrons. The third kappa shape index (κ3) is 4.16. The molecule has 3 aromatic rings. The standard InChI is InChI=1S/C22H23N3O3S2/c1-14-4-11-19(15(2)12-14)20-13-29-22(23-20)24-21(26)16-5-9-18(10-6-16)30(27,28)25(3)17-7-8-17/h4-6,9-13,17H,7-8H2,1-3H3,(H,23,24,26). The van der Waals surface area contributed by atoms with Crippen molar-refractivity contribution < 1.29 is 13.2 Å². The van der Waals surface area contributed by atoms with E-state index >= 15 is 0 Å². The summed E-state index contributed by atoms with van der Waals surface area (Å²) >= 11 is 1.36. The third-order valence-electron chi connectivity index (χ3n) is 5.24. The van der Waals surface area contributed by atoms with E-state index in [1.807, 2.05) is 31.4 Å². The van der Waals surface area contributed by atoms with Crippen LogP contribution in [-0.2, 0) is 10.0 Å². The number of carbonyl (C=O) groups is 1. The highest BCUT2D eigenvalue weighted by Crippen LogP contribution is 2.31. The Morgan fingerprint density at radius 3 is 2.47 bits per heavy atom. The molecule has 0 spiro atoms. The fraction of sp³-hybridized carbons (Fsp3) is 0.273. The van der Waals surface area contributed by atoms with E-state index in [4.69, 9.17) is 0 Å². The summed E-state index contributed by atoms with van der Waals surface area (Å²) in [6.45, 7) is 4.08. The highest BCUT2D eigenvalue weighted by atomic mass is 32.2. The summed E-state index contributed by atoms with van der Waals surface area (Å²) in [6.07, 6.45) is 1.79. The molecule has 30 heavy (non-hydrogen) atoms. The topological polar surface area (TPSA) is 79.4 Å². The van der Waals surface area contributed by atoms with Crippen molar-refractivity contribution >= 4 is 32.4 Å². The molecule has 1 aliphatic rings. The van der Waals surface area contributed by atoms with Crippen LogP contribution in [0, 0.1) is 13.8 Å². The van der Waals surface area contributed by atoms with Gasteiger partial charge < -0.3 is 0 Å². The zero-order valence-electron chi connectivity index (χ0n) is 17.0. The molecule has 4 rings (SSSR count). The van der Waals surface area contributed by atoms with Crippen LogP contribution in [0.1, 0.15) is 34.3 Å². The second-order valence-electron chi connectivity index (χ2n) is 7.59. The number of thiazole rings is 1. The maximum Gasteiger partial charge on any atom is 0.257 e. The Balaban J connectivity index is 1.47. The molecule has 1 amide bonds. The zero-order valence-corrected chi connectivity index (χ0v) is 18.7. The van der Waals surface area contributed by atoms with Crippen molar-refractivity contribution in [2.75, 3.05) is 12.4 Å². The molecule has 156 valence electrons. The molecule has 2 aromatic carbocycles. The van der Waals surface area contributed by atoms with Gasteiger partial charge in [0.05, 0.1) is 10.6 Å². The average Bonchev–Trinajstić information content (AvgIpc) is 3.47. The van der Waals surface area contributed by atoms with Gasteiger partial charge in [-0.05, 0) is 56.5 Å². The molecule has 1 heterocycles. The van der Waals surface area contributed by atoms with Crippen LogP contribution in [0.5, 0.6) is 0 Å². The van der Waals surface area contributed by atoms with Crippen molar-refractivity contribution in [3.05, 3.63) is 64.5 Å². The molecule has 1 fully saturated rings. The molecule has 1 aliphatic carbocycles. The molecule has 0 aliphatic heterocycles. The molecule has 1 N–H and O–H groups in total. The quantitative estimate of drug-likeness (QED) is 0.612. The lowest BCUT2D eigenvalue weighted by Crippen LogP contribution is -2.29. The number of hydrogen-bond acceptors (Lipinski definition) is 5. The number of anilines is 1. The Labute approximate surface area is 180 Å². The van der Waals surface area contributed by atoms with Gasteiger partial charge in [0.1, 0.15) is 0 Å². The predicted molar refractivity (Wildman–Crippen MR) is 119 cm³/mol. The minimum absolute atomic E-state index is 0.0919. The average molecular weight is 442 g/mol. The van der Waals surface area contributed by atoms with Gasteiger partial charge in [0.2, 0.25) is 10.0 Å². The summed E-state index contributed by atoms with van der Waals surface area (Å²) in [6, 6.07) is 12.3. The minimum Gasteiger partial charge on any atom is -0.298 e. The number of aryl methyl sites for hydroxylation is 2. The number of carbonyl (C=O) groups excluding carboxylic acids is 1. The van der Waals surface area contributed by atoms with Crippen molar-refractivity contribution in [1.82, 2.24) is 9.29 Å². The van der Waals surface area contributed by atoms with Crippen LogP contribution in [0.2, 0.25) is 0 Å². The Kier molecular flexibility index (Phi) is 5.48. The van der Waals surface area contributed by atoms with Gasteiger partial charge in [0.15, 0.2) is 5.13 Å². The van der Waals surface area contributed by atoms with E-state index in [9.17, 15) is 13.2 Å². The van der Waals surface area contributed by atoms with E-state index in [1.54, 1.807) is 7.05 Å². The van der Waals surface area contributed by atoms with Gasteiger partial charge in [0, 0.05) is 29.6 Å². The van der Waals surface area contributed by atoms with Crippen molar-refractivity contribution in [2.24, 2.45) is 0 Å². The molecule has 1 saturated carbocycles. The molecule has 0 atom stereocenters. The predicted octanol–water partition coefficient (Wildman–Crippen LogP) is 4.46. The van der Waals surface area contributed by atoms with Crippen LogP contribution >= 0.6 is 11.3 Å². The largest absolute Gasteiger partial charge is 0.298 e. The van der Waals surface area contributed by atoms with Gasteiger partial charge in [-0.2, -0.15) is 4.31 Å². The van der Waals surface area contributed by atoms with E-state index in [0.29, 0.717) is 10.7 Å². The number of hydrogen-bond donors (Lipinski definition) is 1. The first-order valence-corrected chi connectivity index (χ1v) is 12.0. The molecular formula is C22H23N3O3S2. The lowest BCUT2D eigenvalue weighted by atomic mass is 10.0. The normalized spacial score (nSPS) is 14.1. The van der Waals surface area contributed by atoms with Gasteiger partial charge in [-0.3, -0.25) is 10.1 Å². The summed E-state index contributed by atoms with van der Waals surface area (Å²) < 4.78 is 26.6. The van der Waals surface area contributed by atoms with Crippen LogP contribution in [-0.4, -0.2) is 36.7 Å². The number of sulfonamides is 1. The van der Waals surface area contributed by atoms with Crippen molar-refractivity contribution in [3.63, 3.8) is 0 Å². The fourth-order valence-corrected chi connectivity index (χ4v) is 5.43. The van der Waals surface area contributed by atoms with E-state index in [2.05, 4.69) is 16.4 Å². The monoisotopic (exact) mass is 441 g/mol. The maximum absolute atomic E-state index is 12.6. The minimum atomic E-state index is -3.52. The number of nitrogens with zero attached hydrogens (tertiary/aromatic N) is 2. The van der Waals surface area contributed by atoms with Crippen molar-refractivity contribution in [1.29, 1.82) is 0 Å². The summed E-state index contributed by atoms with van der Waals surface area (Å²) in [5, 5.41) is 5.21. The van der Waals surface area contributed by atoms with Gasteiger partial charge in [-0.1, -0.05) is 23.8 Å². The number of nitrogens with one attached hydrogen (secondary N) is 1. The van der Waals surface area contributed by atoms with Crippen LogP contribution in [0.4, 0.5) is 5.13 Å². The molecule has 0 unspecified atom stereocenters. The Hall–Kier alpha value is -2.55. The SMILES string of the molecule is Cc1ccc(-c2csc(NC(=O)c3ccc(S(=O)(=O)N(C)C4CC4)cc3)n2)c(C)c1. The first-order chi connectivity index (χ1) is 14.3.